The minimum Gasteiger partial charge on any atom is -0.368 e. The average molecular weight is 586 g/mol. The third-order valence-corrected chi connectivity index (χ3v) is 9.28. The van der Waals surface area contributed by atoms with E-state index in [1.54, 1.807) is 35.8 Å². The van der Waals surface area contributed by atoms with Gasteiger partial charge in [-0.05, 0) is 68.0 Å². The molecule has 2 N–H and O–H groups in total. The van der Waals surface area contributed by atoms with Crippen LogP contribution < -0.4 is 5.32 Å². The van der Waals surface area contributed by atoms with Gasteiger partial charge in [0.05, 0.1) is 34.9 Å². The van der Waals surface area contributed by atoms with Crippen LogP contribution in [-0.4, -0.2) is 58.9 Å². The van der Waals surface area contributed by atoms with Crippen molar-refractivity contribution in [1.82, 2.24) is 34.3 Å². The largest absolute Gasteiger partial charge is 0.368 e. The molecule has 0 radical (unpaired) electrons. The fourth-order valence-electron chi connectivity index (χ4n) is 5.26. The van der Waals surface area contributed by atoms with E-state index < -0.39 is 11.4 Å². The number of anilines is 2. The summed E-state index contributed by atoms with van der Waals surface area (Å²) in [5, 5.41) is 24.0. The van der Waals surface area contributed by atoms with Crippen LogP contribution in [0.1, 0.15) is 54.0 Å². The second-order valence-electron chi connectivity index (χ2n) is 10.3. The predicted octanol–water partition coefficient (Wildman–Crippen LogP) is 5.02. The van der Waals surface area contributed by atoms with Crippen LogP contribution in [0.3, 0.4) is 0 Å². The molecule has 0 spiro atoms. The zero-order valence-corrected chi connectivity index (χ0v) is 24.0. The number of nitrogens with zero attached hydrogens (tertiary/aromatic N) is 7. The van der Waals surface area contributed by atoms with Crippen LogP contribution in [-0.2, 0) is 9.53 Å². The van der Waals surface area contributed by atoms with Crippen molar-refractivity contribution < 1.29 is 13.9 Å². The summed E-state index contributed by atoms with van der Waals surface area (Å²) in [5.74, 6) is 1.22. The van der Waals surface area contributed by atoms with Crippen LogP contribution in [0, 0.1) is 24.1 Å². The third kappa shape index (κ3) is 5.03. The van der Waals surface area contributed by atoms with E-state index in [0.29, 0.717) is 48.0 Å². The maximum absolute atomic E-state index is 13.8. The molecule has 3 atom stereocenters. The average Bonchev–Trinajstić information content (AvgIpc) is 3.64. The van der Waals surface area contributed by atoms with Gasteiger partial charge in [-0.3, -0.25) is 14.2 Å². The van der Waals surface area contributed by atoms with Crippen molar-refractivity contribution in [2.24, 2.45) is 0 Å². The van der Waals surface area contributed by atoms with Crippen LogP contribution in [0.15, 0.2) is 55.0 Å². The third-order valence-electron chi connectivity index (χ3n) is 7.66. The van der Waals surface area contributed by atoms with Gasteiger partial charge in [0.1, 0.15) is 11.9 Å². The molecule has 214 valence electrons. The molecule has 1 amide bonds. The van der Waals surface area contributed by atoms with Gasteiger partial charge in [0.25, 0.3) is 5.91 Å². The molecule has 4 aromatic heterocycles. The number of ether oxygens (including phenoxy) is 1. The number of aromatic nitrogens is 6. The Labute approximate surface area is 245 Å². The number of aromatic amines is 1. The molecule has 4 aromatic rings. The lowest BCUT2D eigenvalue weighted by Crippen LogP contribution is -2.56. The van der Waals surface area contributed by atoms with Gasteiger partial charge in [-0.25, -0.2) is 19.0 Å². The summed E-state index contributed by atoms with van der Waals surface area (Å²) in [7, 11) is 1.57. The van der Waals surface area contributed by atoms with E-state index >= 15 is 0 Å². The van der Waals surface area contributed by atoms with Gasteiger partial charge in [0.15, 0.2) is 23.1 Å². The Hall–Kier alpha value is -4.54. The lowest BCUT2D eigenvalue weighted by atomic mass is 9.82. The van der Waals surface area contributed by atoms with Gasteiger partial charge in [-0.1, -0.05) is 12.1 Å². The fraction of sp³-hybridized carbons (Fsp3) is 0.310. The number of carbonyl (C=O) groups excluding carboxylic acids is 1. The highest BCUT2D eigenvalue weighted by Gasteiger charge is 2.50. The van der Waals surface area contributed by atoms with Gasteiger partial charge < -0.3 is 10.1 Å². The highest BCUT2D eigenvalue weighted by molar-refractivity contribution is 7.99. The number of nitriles is 1. The maximum atomic E-state index is 13.8. The molecule has 0 saturated carbocycles. The van der Waals surface area contributed by atoms with E-state index in [-0.39, 0.29) is 17.2 Å². The number of nitrogens with one attached hydrogen (secondary N) is 2. The number of carbonyl (C=O) groups is 1. The van der Waals surface area contributed by atoms with Crippen LogP contribution in [0.2, 0.25) is 0 Å². The van der Waals surface area contributed by atoms with Crippen LogP contribution >= 0.6 is 11.9 Å². The molecule has 1 aliphatic heterocycles. The molecule has 0 aromatic carbocycles. The number of allylic oxidation sites excluding steroid dienone is 1. The quantitative estimate of drug-likeness (QED) is 0.286. The zero-order chi connectivity index (χ0) is 29.4. The van der Waals surface area contributed by atoms with E-state index in [4.69, 9.17) is 9.72 Å². The van der Waals surface area contributed by atoms with Gasteiger partial charge in [0, 0.05) is 31.5 Å². The number of H-pyrrole nitrogens is 1. The smallest absolute Gasteiger partial charge is 0.265 e. The number of hydrogen-bond acceptors (Lipinski definition) is 9. The van der Waals surface area contributed by atoms with E-state index in [9.17, 15) is 14.4 Å². The monoisotopic (exact) mass is 585 g/mol. The van der Waals surface area contributed by atoms with Gasteiger partial charge in [-0.2, -0.15) is 15.5 Å². The molecule has 2 aliphatic rings. The summed E-state index contributed by atoms with van der Waals surface area (Å²) in [6.45, 7) is 3.92. The Bertz CT molecular complexity index is 1710. The highest BCUT2D eigenvalue weighted by atomic mass is 32.2. The number of rotatable bonds is 7. The lowest BCUT2D eigenvalue weighted by Gasteiger charge is -2.49. The first-order valence-corrected chi connectivity index (χ1v) is 14.3. The standard InChI is InChI=1S/C29H28FN9O2S/c1-17-12-24(37-36-17)34-23-6-4-20(13-31)26(35-23)19-8-10-29(41-3,11-9-19)28(40)39-18(2)27(42-39)21-5-7-25(32-14-21)38-16-22(30)15-33-38/h4-8,12,14-16,18,27H,9-11H2,1-3H3,(H2,34,35,36,37). The minimum atomic E-state index is -1.00. The molecule has 13 heteroatoms. The summed E-state index contributed by atoms with van der Waals surface area (Å²) < 4.78 is 22.4. The number of halogens is 1. The number of hydrogen-bond donors (Lipinski definition) is 2. The van der Waals surface area contributed by atoms with Crippen LogP contribution in [0.5, 0.6) is 0 Å². The molecule has 0 bridgehead atoms. The molecule has 1 saturated heterocycles. The van der Waals surface area contributed by atoms with Crippen molar-refractivity contribution in [3.8, 4) is 11.9 Å². The molecular formula is C29H28FN9O2S. The molecule has 1 fully saturated rings. The van der Waals surface area contributed by atoms with Crippen LogP contribution in [0.25, 0.3) is 11.4 Å². The van der Waals surface area contributed by atoms with Crippen molar-refractivity contribution in [1.29, 1.82) is 5.26 Å². The van der Waals surface area contributed by atoms with Crippen molar-refractivity contribution in [2.45, 2.75) is 50.0 Å². The molecular weight excluding hydrogens is 557 g/mol. The summed E-state index contributed by atoms with van der Waals surface area (Å²) in [4.78, 5) is 22.9. The lowest BCUT2D eigenvalue weighted by molar-refractivity contribution is -0.152. The van der Waals surface area contributed by atoms with Crippen molar-refractivity contribution >= 4 is 35.1 Å². The summed E-state index contributed by atoms with van der Waals surface area (Å²) >= 11 is 1.45. The topological polar surface area (TPSA) is 138 Å². The Balaban J connectivity index is 1.15. The summed E-state index contributed by atoms with van der Waals surface area (Å²) in [6, 6.07) is 11.2. The number of pyridine rings is 2. The first-order chi connectivity index (χ1) is 20.3. The number of methoxy groups -OCH3 is 1. The summed E-state index contributed by atoms with van der Waals surface area (Å²) in [5.41, 5.74) is 2.84. The van der Waals surface area contributed by atoms with Crippen molar-refractivity contribution in [3.05, 3.63) is 83.3 Å². The van der Waals surface area contributed by atoms with E-state index in [2.05, 4.69) is 31.7 Å². The molecule has 1 aliphatic carbocycles. The second kappa shape index (κ2) is 11.0. The zero-order valence-electron chi connectivity index (χ0n) is 23.2. The Kier molecular flexibility index (Phi) is 7.26. The molecule has 6 rings (SSSR count). The Morgan fingerprint density at radius 1 is 1.29 bits per heavy atom. The van der Waals surface area contributed by atoms with Gasteiger partial charge in [-0.15, -0.1) is 0 Å². The van der Waals surface area contributed by atoms with E-state index in [1.807, 2.05) is 32.1 Å². The molecule has 3 unspecified atom stereocenters. The maximum Gasteiger partial charge on any atom is 0.265 e. The fourth-order valence-corrected chi connectivity index (χ4v) is 6.44. The van der Waals surface area contributed by atoms with Crippen LogP contribution in [0.4, 0.5) is 16.0 Å². The van der Waals surface area contributed by atoms with Gasteiger partial charge >= 0.3 is 0 Å². The van der Waals surface area contributed by atoms with Gasteiger partial charge in [0.2, 0.25) is 0 Å². The molecule has 11 nitrogen and oxygen atoms in total. The first kappa shape index (κ1) is 27.6. The highest BCUT2D eigenvalue weighted by Crippen LogP contribution is 2.51. The Morgan fingerprint density at radius 2 is 2.14 bits per heavy atom. The summed E-state index contributed by atoms with van der Waals surface area (Å²) in [6.07, 6.45) is 7.46. The number of aryl methyl sites for hydroxylation is 1. The SMILES string of the molecule is COC1(C(=O)N2SC(c3ccc(-n4cc(F)cn4)nc3)C2C)CC=C(c2nc(Nc3cc(C)[nH]n3)ccc2C#N)CC1. The minimum absolute atomic E-state index is 0.0457. The number of amides is 1. The van der Waals surface area contributed by atoms with Crippen molar-refractivity contribution in [2.75, 3.05) is 12.4 Å². The molecule has 5 heterocycles. The normalized spacial score (nSPS) is 21.8. The van der Waals surface area contributed by atoms with E-state index in [0.717, 1.165) is 23.0 Å². The molecule has 42 heavy (non-hydrogen) atoms. The predicted molar refractivity (Wildman–Crippen MR) is 155 cm³/mol. The van der Waals surface area contributed by atoms with Crippen molar-refractivity contribution in [3.63, 3.8) is 0 Å². The first-order valence-electron chi connectivity index (χ1n) is 13.4. The second-order valence-corrected chi connectivity index (χ2v) is 11.5. The van der Waals surface area contributed by atoms with E-state index in [1.165, 1.54) is 22.8 Å². The Morgan fingerprint density at radius 3 is 2.74 bits per heavy atom.